The maximum Gasteiger partial charge on any atom is 0.129 e. The molecule has 2 aromatic rings. The highest BCUT2D eigenvalue weighted by atomic mass is 127. The molecular formula is C23H27IN2O. The molecule has 3 nitrogen and oxygen atoms in total. The van der Waals surface area contributed by atoms with Crippen molar-refractivity contribution in [2.75, 3.05) is 18.6 Å². The maximum atomic E-state index is 5.70. The molecule has 0 saturated carbocycles. The topological polar surface area (TPSA) is 24.8 Å². The zero-order valence-corrected chi connectivity index (χ0v) is 19.1. The third-order valence-electron chi connectivity index (χ3n) is 5.14. The molecule has 0 aliphatic carbocycles. The lowest BCUT2D eigenvalue weighted by Crippen LogP contribution is -2.44. The third kappa shape index (κ3) is 3.91. The number of methoxy groups -OCH3 is 1. The van der Waals surface area contributed by atoms with Crippen molar-refractivity contribution < 1.29 is 4.74 Å². The third-order valence-corrected chi connectivity index (χ3v) is 6.35. The summed E-state index contributed by atoms with van der Waals surface area (Å²) in [4.78, 5) is 7.11. The van der Waals surface area contributed by atoms with Crippen LogP contribution in [0.1, 0.15) is 44.4 Å². The Bertz CT molecular complexity index is 928. The van der Waals surface area contributed by atoms with Crippen molar-refractivity contribution in [2.24, 2.45) is 4.99 Å². The second kappa shape index (κ2) is 7.66. The molecule has 1 heterocycles. The van der Waals surface area contributed by atoms with Crippen LogP contribution in [0.4, 0.5) is 11.4 Å². The summed E-state index contributed by atoms with van der Waals surface area (Å²) >= 11 is 2.34. The van der Waals surface area contributed by atoms with E-state index in [9.17, 15) is 0 Å². The number of hydrogen-bond acceptors (Lipinski definition) is 3. The number of halogens is 1. The van der Waals surface area contributed by atoms with E-state index in [1.807, 2.05) is 12.3 Å². The lowest BCUT2D eigenvalue weighted by atomic mass is 9.88. The molecule has 27 heavy (non-hydrogen) atoms. The van der Waals surface area contributed by atoms with E-state index in [4.69, 9.17) is 4.74 Å². The molecule has 0 bridgehead atoms. The molecule has 0 unspecified atom stereocenters. The fraction of sp³-hybridized carbons (Fsp3) is 0.348. The summed E-state index contributed by atoms with van der Waals surface area (Å²) in [6, 6.07) is 10.6. The normalized spacial score (nSPS) is 15.7. The highest BCUT2D eigenvalue weighted by Gasteiger charge is 2.31. The van der Waals surface area contributed by atoms with Crippen LogP contribution >= 0.6 is 22.6 Å². The summed E-state index contributed by atoms with van der Waals surface area (Å²) in [6.07, 6.45) is 4.25. The van der Waals surface area contributed by atoms with Gasteiger partial charge >= 0.3 is 0 Å². The van der Waals surface area contributed by atoms with Crippen LogP contribution < -0.4 is 9.64 Å². The Hall–Kier alpha value is -1.82. The number of nitrogens with zero attached hydrogens (tertiary/aromatic N) is 2. The number of aliphatic imine (C=N–C) groups is 1. The number of ether oxygens (including phenoxy) is 1. The van der Waals surface area contributed by atoms with Gasteiger partial charge in [0.2, 0.25) is 0 Å². The number of hydrogen-bond donors (Lipinski definition) is 0. The lowest BCUT2D eigenvalue weighted by molar-refractivity contribution is 0.413. The molecule has 0 N–H and O–H groups in total. The first-order valence-electron chi connectivity index (χ1n) is 9.26. The van der Waals surface area contributed by atoms with Crippen LogP contribution in [-0.4, -0.2) is 25.4 Å². The molecule has 1 aliphatic rings. The van der Waals surface area contributed by atoms with Crippen molar-refractivity contribution in [2.45, 2.75) is 40.2 Å². The van der Waals surface area contributed by atoms with E-state index in [1.165, 1.54) is 26.0 Å². The molecule has 0 spiro atoms. The molecule has 0 amide bonds. The van der Waals surface area contributed by atoms with E-state index in [0.29, 0.717) is 0 Å². The van der Waals surface area contributed by atoms with Gasteiger partial charge in [-0.15, -0.1) is 0 Å². The largest absolute Gasteiger partial charge is 0.496 e. The lowest BCUT2D eigenvalue weighted by Gasteiger charge is -2.43. The highest BCUT2D eigenvalue weighted by molar-refractivity contribution is 14.1. The molecule has 0 atom stereocenters. The second-order valence-electron chi connectivity index (χ2n) is 7.53. The second-order valence-corrected chi connectivity index (χ2v) is 8.69. The van der Waals surface area contributed by atoms with Gasteiger partial charge in [-0.2, -0.15) is 0 Å². The molecule has 2 aromatic carbocycles. The van der Waals surface area contributed by atoms with E-state index in [1.54, 1.807) is 7.11 Å². The van der Waals surface area contributed by atoms with Gasteiger partial charge in [0.1, 0.15) is 5.75 Å². The summed E-state index contributed by atoms with van der Waals surface area (Å²) in [5.41, 5.74) is 6.95. The molecule has 4 heteroatoms. The van der Waals surface area contributed by atoms with Crippen molar-refractivity contribution in [3.05, 3.63) is 56.7 Å². The predicted molar refractivity (Wildman–Crippen MR) is 125 cm³/mol. The fourth-order valence-corrected chi connectivity index (χ4v) is 4.17. The van der Waals surface area contributed by atoms with Gasteiger partial charge in [0.05, 0.1) is 18.3 Å². The average Bonchev–Trinajstić information content (AvgIpc) is 2.61. The maximum absolute atomic E-state index is 5.70. The van der Waals surface area contributed by atoms with Gasteiger partial charge in [0, 0.05) is 39.2 Å². The highest BCUT2D eigenvalue weighted by Crippen LogP contribution is 2.41. The van der Waals surface area contributed by atoms with Crippen LogP contribution in [0.3, 0.4) is 0 Å². The average molecular weight is 474 g/mol. The molecule has 0 radical (unpaired) electrons. The Balaban J connectivity index is 2.06. The standard InChI is InChI=1S/C23H27IN2O/c1-7-26-21-12-22(27-6)17(11-19(21)16(3)13-23(26,4)5)14-25-18-8-9-20(24)15(2)10-18/h8-14H,7H2,1-6H3. The van der Waals surface area contributed by atoms with Crippen LogP contribution in [0.15, 0.2) is 41.4 Å². The molecule has 0 aromatic heterocycles. The summed E-state index contributed by atoms with van der Waals surface area (Å²) in [7, 11) is 1.72. The van der Waals surface area contributed by atoms with Gasteiger partial charge in [-0.3, -0.25) is 4.99 Å². The van der Waals surface area contributed by atoms with Crippen LogP contribution in [0, 0.1) is 10.5 Å². The van der Waals surface area contributed by atoms with Crippen molar-refractivity contribution >= 4 is 45.8 Å². The van der Waals surface area contributed by atoms with E-state index in [-0.39, 0.29) is 5.54 Å². The number of fused-ring (bicyclic) bond motifs is 1. The number of likely N-dealkylation sites (N-methyl/N-ethyl adjacent to an activating group) is 1. The molecule has 142 valence electrons. The SMILES string of the molecule is CCN1c2cc(OC)c(C=Nc3ccc(I)c(C)c3)cc2C(C)=CC1(C)C. The zero-order chi connectivity index (χ0) is 19.8. The number of benzene rings is 2. The molecule has 0 fully saturated rings. The zero-order valence-electron chi connectivity index (χ0n) is 16.9. The molecule has 1 aliphatic heterocycles. The van der Waals surface area contributed by atoms with Crippen molar-refractivity contribution in [1.29, 1.82) is 0 Å². The quantitative estimate of drug-likeness (QED) is 0.380. The smallest absolute Gasteiger partial charge is 0.129 e. The minimum Gasteiger partial charge on any atom is -0.496 e. The van der Waals surface area contributed by atoms with Gasteiger partial charge in [0.25, 0.3) is 0 Å². The van der Waals surface area contributed by atoms with Crippen LogP contribution in [0.5, 0.6) is 5.75 Å². The number of anilines is 1. The van der Waals surface area contributed by atoms with Crippen molar-refractivity contribution in [3.8, 4) is 5.75 Å². The van der Waals surface area contributed by atoms with Gasteiger partial charge in [0.15, 0.2) is 0 Å². The van der Waals surface area contributed by atoms with Crippen LogP contribution in [0.25, 0.3) is 5.57 Å². The van der Waals surface area contributed by atoms with Gasteiger partial charge in [-0.1, -0.05) is 6.08 Å². The number of rotatable bonds is 4. The summed E-state index contributed by atoms with van der Waals surface area (Å²) in [6.45, 7) is 11.9. The van der Waals surface area contributed by atoms with Crippen molar-refractivity contribution in [3.63, 3.8) is 0 Å². The molecular weight excluding hydrogens is 447 g/mol. The Morgan fingerprint density at radius 2 is 1.93 bits per heavy atom. The Morgan fingerprint density at radius 3 is 2.56 bits per heavy atom. The minimum absolute atomic E-state index is 0.00877. The van der Waals surface area contributed by atoms with E-state index < -0.39 is 0 Å². The van der Waals surface area contributed by atoms with E-state index in [0.717, 1.165) is 23.5 Å². The van der Waals surface area contributed by atoms with Gasteiger partial charge in [-0.05, 0) is 92.6 Å². The van der Waals surface area contributed by atoms with E-state index >= 15 is 0 Å². The van der Waals surface area contributed by atoms with Crippen molar-refractivity contribution in [1.82, 2.24) is 0 Å². The summed E-state index contributed by atoms with van der Waals surface area (Å²) in [5, 5.41) is 0. The first kappa shape index (κ1) is 19.9. The van der Waals surface area contributed by atoms with Gasteiger partial charge < -0.3 is 9.64 Å². The molecule has 0 saturated heterocycles. The fourth-order valence-electron chi connectivity index (χ4n) is 3.83. The number of allylic oxidation sites excluding steroid dienone is 1. The monoisotopic (exact) mass is 474 g/mol. The van der Waals surface area contributed by atoms with Crippen LogP contribution in [-0.2, 0) is 0 Å². The number of aryl methyl sites for hydroxylation is 1. The Morgan fingerprint density at radius 1 is 1.19 bits per heavy atom. The Kier molecular flexibility index (Phi) is 5.65. The Labute approximate surface area is 176 Å². The molecule has 3 rings (SSSR count). The summed E-state index contributed by atoms with van der Waals surface area (Å²) in [5.74, 6) is 0.851. The summed E-state index contributed by atoms with van der Waals surface area (Å²) < 4.78 is 6.95. The predicted octanol–water partition coefficient (Wildman–Crippen LogP) is 6.38. The van der Waals surface area contributed by atoms with Crippen LogP contribution in [0.2, 0.25) is 0 Å². The first-order chi connectivity index (χ1) is 12.8. The van der Waals surface area contributed by atoms with E-state index in [2.05, 4.69) is 97.4 Å². The minimum atomic E-state index is -0.00877. The van der Waals surface area contributed by atoms with Gasteiger partial charge in [-0.25, -0.2) is 0 Å². The first-order valence-corrected chi connectivity index (χ1v) is 10.3.